The van der Waals surface area contributed by atoms with Crippen LogP contribution in [0.1, 0.15) is 20.8 Å². The monoisotopic (exact) mass is 437 g/mol. The molecule has 0 atom stereocenters. The molecule has 1 aliphatic rings. The zero-order valence-electron chi connectivity index (χ0n) is 15.1. The Hall–Kier alpha value is -2.74. The molecule has 2 heterocycles. The number of carbonyl (C=O) groups excluding carboxylic acids is 2. The molecule has 144 valence electrons. The Bertz CT molecular complexity index is 1090. The van der Waals surface area contributed by atoms with Gasteiger partial charge < -0.3 is 4.74 Å². The number of thiophene rings is 1. The SMILES string of the molecule is O=C(Oc1cccc(/C=C2\SC(=S)N(Cc3ccccc3)C2=O)c1)c1cccs1. The minimum absolute atomic E-state index is 0.121. The van der Waals surface area contributed by atoms with Gasteiger partial charge >= 0.3 is 5.97 Å². The Balaban J connectivity index is 1.50. The lowest BCUT2D eigenvalue weighted by Gasteiger charge is -2.14. The van der Waals surface area contributed by atoms with Crippen molar-refractivity contribution in [3.8, 4) is 5.75 Å². The quantitative estimate of drug-likeness (QED) is 0.232. The van der Waals surface area contributed by atoms with E-state index in [0.717, 1.165) is 11.1 Å². The number of hydrogen-bond acceptors (Lipinski definition) is 6. The normalized spacial score (nSPS) is 15.2. The maximum absolute atomic E-state index is 12.8. The van der Waals surface area contributed by atoms with Crippen LogP contribution >= 0.6 is 35.3 Å². The molecule has 0 N–H and O–H groups in total. The predicted octanol–water partition coefficient (Wildman–Crippen LogP) is 5.37. The molecule has 4 nitrogen and oxygen atoms in total. The number of esters is 1. The lowest BCUT2D eigenvalue weighted by atomic mass is 10.2. The van der Waals surface area contributed by atoms with Crippen molar-refractivity contribution in [2.75, 3.05) is 0 Å². The molecule has 0 aliphatic carbocycles. The Morgan fingerprint density at radius 3 is 2.66 bits per heavy atom. The fraction of sp³-hybridized carbons (Fsp3) is 0.0455. The highest BCUT2D eigenvalue weighted by Crippen LogP contribution is 2.34. The molecule has 0 saturated carbocycles. The highest BCUT2D eigenvalue weighted by Gasteiger charge is 2.31. The van der Waals surface area contributed by atoms with Crippen molar-refractivity contribution >= 4 is 57.6 Å². The van der Waals surface area contributed by atoms with Gasteiger partial charge in [-0.25, -0.2) is 4.79 Å². The van der Waals surface area contributed by atoms with E-state index in [1.54, 1.807) is 41.3 Å². The third kappa shape index (κ3) is 4.64. The second-order valence-electron chi connectivity index (χ2n) is 6.19. The number of hydrogen-bond donors (Lipinski definition) is 0. The van der Waals surface area contributed by atoms with Gasteiger partial charge in [0.1, 0.15) is 14.9 Å². The summed E-state index contributed by atoms with van der Waals surface area (Å²) in [5.41, 5.74) is 1.79. The fourth-order valence-electron chi connectivity index (χ4n) is 2.77. The minimum Gasteiger partial charge on any atom is -0.422 e. The number of thioether (sulfide) groups is 1. The van der Waals surface area contributed by atoms with Gasteiger partial charge in [-0.3, -0.25) is 9.69 Å². The first-order chi connectivity index (χ1) is 14.1. The molecule has 0 bridgehead atoms. The zero-order chi connectivity index (χ0) is 20.2. The van der Waals surface area contributed by atoms with Gasteiger partial charge in [-0.15, -0.1) is 11.3 Å². The summed E-state index contributed by atoms with van der Waals surface area (Å²) in [5, 5.41) is 1.82. The highest BCUT2D eigenvalue weighted by atomic mass is 32.2. The molecule has 1 fully saturated rings. The molecule has 7 heteroatoms. The van der Waals surface area contributed by atoms with Crippen molar-refractivity contribution in [2.24, 2.45) is 0 Å². The van der Waals surface area contributed by atoms with Crippen molar-refractivity contribution < 1.29 is 14.3 Å². The van der Waals surface area contributed by atoms with Gasteiger partial charge in [0, 0.05) is 0 Å². The van der Waals surface area contributed by atoms with Crippen molar-refractivity contribution in [1.29, 1.82) is 0 Å². The summed E-state index contributed by atoms with van der Waals surface area (Å²) in [6.07, 6.45) is 1.77. The van der Waals surface area contributed by atoms with Crippen molar-refractivity contribution in [3.05, 3.63) is 93.0 Å². The molecule has 0 unspecified atom stereocenters. The van der Waals surface area contributed by atoms with E-state index in [0.29, 0.717) is 26.4 Å². The molecule has 3 aromatic rings. The van der Waals surface area contributed by atoms with Crippen LogP contribution in [0.25, 0.3) is 6.08 Å². The average Bonchev–Trinajstić information content (AvgIpc) is 3.34. The van der Waals surface area contributed by atoms with Crippen LogP contribution in [0.3, 0.4) is 0 Å². The first-order valence-electron chi connectivity index (χ1n) is 8.75. The molecule has 1 aromatic heterocycles. The van der Waals surface area contributed by atoms with Gasteiger partial charge in [-0.2, -0.15) is 0 Å². The second kappa shape index (κ2) is 8.73. The Kier molecular flexibility index (Phi) is 5.89. The van der Waals surface area contributed by atoms with Gasteiger partial charge in [0.05, 0.1) is 11.4 Å². The average molecular weight is 438 g/mol. The summed E-state index contributed by atoms with van der Waals surface area (Å²) >= 11 is 8.00. The minimum atomic E-state index is -0.397. The van der Waals surface area contributed by atoms with Crippen LogP contribution in [0.15, 0.2) is 77.0 Å². The highest BCUT2D eigenvalue weighted by molar-refractivity contribution is 8.26. The van der Waals surface area contributed by atoms with Gasteiger partial charge in [0.25, 0.3) is 5.91 Å². The fourth-order valence-corrected chi connectivity index (χ4v) is 4.63. The van der Waals surface area contributed by atoms with Crippen molar-refractivity contribution in [3.63, 3.8) is 0 Å². The first-order valence-corrected chi connectivity index (χ1v) is 10.9. The molecule has 1 aliphatic heterocycles. The Morgan fingerprint density at radius 1 is 1.07 bits per heavy atom. The van der Waals surface area contributed by atoms with E-state index in [1.165, 1.54) is 23.1 Å². The van der Waals surface area contributed by atoms with E-state index in [9.17, 15) is 9.59 Å². The topological polar surface area (TPSA) is 46.6 Å². The maximum Gasteiger partial charge on any atom is 0.353 e. The van der Waals surface area contributed by atoms with Crippen LogP contribution in [0.5, 0.6) is 5.75 Å². The number of rotatable bonds is 5. The molecule has 29 heavy (non-hydrogen) atoms. The summed E-state index contributed by atoms with van der Waals surface area (Å²) < 4.78 is 5.96. The van der Waals surface area contributed by atoms with E-state index in [1.807, 2.05) is 41.8 Å². The standard InChI is InChI=1S/C22H15NO3S3/c24-20-19(29-22(27)23(20)14-15-6-2-1-3-7-15)13-16-8-4-9-17(12-16)26-21(25)18-10-5-11-28-18/h1-13H,14H2/b19-13-. The molecule has 1 amide bonds. The number of amides is 1. The molecular weight excluding hydrogens is 422 g/mol. The van der Waals surface area contributed by atoms with E-state index < -0.39 is 5.97 Å². The van der Waals surface area contributed by atoms with E-state index >= 15 is 0 Å². The lowest BCUT2D eigenvalue weighted by molar-refractivity contribution is -0.122. The number of carbonyl (C=O) groups is 2. The Labute approximate surface area is 181 Å². The molecule has 4 rings (SSSR count). The van der Waals surface area contributed by atoms with Crippen LogP contribution in [-0.4, -0.2) is 21.1 Å². The smallest absolute Gasteiger partial charge is 0.353 e. The number of benzene rings is 2. The number of thiocarbonyl (C=S) groups is 1. The van der Waals surface area contributed by atoms with E-state index in [4.69, 9.17) is 17.0 Å². The predicted molar refractivity (Wildman–Crippen MR) is 121 cm³/mol. The van der Waals surface area contributed by atoms with Gasteiger partial charge in [-0.05, 0) is 40.8 Å². The van der Waals surface area contributed by atoms with Crippen LogP contribution in [-0.2, 0) is 11.3 Å². The van der Waals surface area contributed by atoms with Crippen LogP contribution in [0, 0.1) is 0 Å². The molecule has 0 radical (unpaired) electrons. The van der Waals surface area contributed by atoms with Crippen LogP contribution < -0.4 is 4.74 Å². The van der Waals surface area contributed by atoms with Crippen molar-refractivity contribution in [1.82, 2.24) is 4.90 Å². The van der Waals surface area contributed by atoms with E-state index in [2.05, 4.69) is 0 Å². The zero-order valence-corrected chi connectivity index (χ0v) is 17.6. The van der Waals surface area contributed by atoms with Gasteiger partial charge in [0.2, 0.25) is 0 Å². The number of ether oxygens (including phenoxy) is 1. The van der Waals surface area contributed by atoms with Crippen LogP contribution in [0.4, 0.5) is 0 Å². The summed E-state index contributed by atoms with van der Waals surface area (Å²) in [5.74, 6) is -0.0897. The summed E-state index contributed by atoms with van der Waals surface area (Å²) in [4.78, 5) is 27.6. The Morgan fingerprint density at radius 2 is 1.90 bits per heavy atom. The van der Waals surface area contributed by atoms with Gasteiger partial charge in [-0.1, -0.05) is 72.5 Å². The number of nitrogens with zero attached hydrogens (tertiary/aromatic N) is 1. The first kappa shape index (κ1) is 19.6. The largest absolute Gasteiger partial charge is 0.422 e. The molecule has 2 aromatic carbocycles. The molecular formula is C22H15NO3S3. The molecule has 0 spiro atoms. The summed E-state index contributed by atoms with van der Waals surface area (Å²) in [6, 6.07) is 20.3. The molecule has 1 saturated heterocycles. The van der Waals surface area contributed by atoms with Gasteiger partial charge in [0.15, 0.2) is 0 Å². The second-order valence-corrected chi connectivity index (χ2v) is 8.82. The third-order valence-electron chi connectivity index (χ3n) is 4.15. The van der Waals surface area contributed by atoms with Crippen LogP contribution in [0.2, 0.25) is 0 Å². The third-order valence-corrected chi connectivity index (χ3v) is 6.37. The maximum atomic E-state index is 12.8. The lowest BCUT2D eigenvalue weighted by Crippen LogP contribution is -2.27. The summed E-state index contributed by atoms with van der Waals surface area (Å²) in [7, 11) is 0. The van der Waals surface area contributed by atoms with Crippen molar-refractivity contribution in [2.45, 2.75) is 6.54 Å². The van der Waals surface area contributed by atoms with E-state index in [-0.39, 0.29) is 5.91 Å². The summed E-state index contributed by atoms with van der Waals surface area (Å²) in [6.45, 7) is 0.446.